The van der Waals surface area contributed by atoms with Gasteiger partial charge in [0.15, 0.2) is 11.0 Å². The first kappa shape index (κ1) is 19.1. The van der Waals surface area contributed by atoms with Crippen LogP contribution in [0.4, 0.5) is 4.39 Å². The number of benzene rings is 2. The van der Waals surface area contributed by atoms with E-state index in [1.165, 1.54) is 23.9 Å². The summed E-state index contributed by atoms with van der Waals surface area (Å²) in [5.41, 5.74) is 2.68. The summed E-state index contributed by atoms with van der Waals surface area (Å²) in [5, 5.41) is 12.1. The van der Waals surface area contributed by atoms with Crippen LogP contribution in [0.2, 0.25) is 0 Å². The molecule has 5 nitrogen and oxygen atoms in total. The molecule has 0 aliphatic rings. The van der Waals surface area contributed by atoms with Gasteiger partial charge in [0, 0.05) is 17.9 Å². The van der Waals surface area contributed by atoms with E-state index in [-0.39, 0.29) is 11.7 Å². The Morgan fingerprint density at radius 3 is 2.67 bits per heavy atom. The molecule has 1 N–H and O–H groups in total. The van der Waals surface area contributed by atoms with Gasteiger partial charge in [-0.1, -0.05) is 41.6 Å². The van der Waals surface area contributed by atoms with Crippen molar-refractivity contribution < 1.29 is 9.18 Å². The molecule has 0 saturated carbocycles. The van der Waals surface area contributed by atoms with Crippen molar-refractivity contribution in [2.24, 2.45) is 0 Å². The zero-order valence-corrected chi connectivity index (χ0v) is 16.1. The molecule has 0 aliphatic heterocycles. The van der Waals surface area contributed by atoms with Gasteiger partial charge in [-0.25, -0.2) is 4.39 Å². The molecule has 3 rings (SSSR count). The highest BCUT2D eigenvalue weighted by molar-refractivity contribution is 7.98. The van der Waals surface area contributed by atoms with Crippen LogP contribution in [0, 0.1) is 12.7 Å². The predicted octanol–water partition coefficient (Wildman–Crippen LogP) is 3.97. The highest BCUT2D eigenvalue weighted by atomic mass is 32.2. The molecular formula is C20H21FN4OS. The van der Waals surface area contributed by atoms with Crippen LogP contribution in [-0.4, -0.2) is 20.7 Å². The van der Waals surface area contributed by atoms with Crippen LogP contribution < -0.4 is 5.32 Å². The summed E-state index contributed by atoms with van der Waals surface area (Å²) in [7, 11) is 0. The second kappa shape index (κ2) is 8.81. The first-order valence-electron chi connectivity index (χ1n) is 8.71. The average molecular weight is 384 g/mol. The molecule has 1 amide bonds. The van der Waals surface area contributed by atoms with Crippen molar-refractivity contribution in [3.63, 3.8) is 0 Å². The first-order valence-corrected chi connectivity index (χ1v) is 9.69. The van der Waals surface area contributed by atoms with Crippen molar-refractivity contribution in [1.82, 2.24) is 20.1 Å². The third kappa shape index (κ3) is 4.95. The van der Waals surface area contributed by atoms with Crippen molar-refractivity contribution in [3.8, 4) is 0 Å². The second-order valence-electron chi connectivity index (χ2n) is 6.11. The molecule has 1 heterocycles. The number of hydrogen-bond donors (Lipinski definition) is 1. The molecule has 27 heavy (non-hydrogen) atoms. The molecule has 2 aromatic carbocycles. The lowest BCUT2D eigenvalue weighted by Gasteiger charge is -2.09. The maximum atomic E-state index is 13.0. The molecule has 0 unspecified atom stereocenters. The van der Waals surface area contributed by atoms with Crippen molar-refractivity contribution in [2.45, 2.75) is 37.8 Å². The molecule has 0 radical (unpaired) electrons. The van der Waals surface area contributed by atoms with Crippen LogP contribution in [0.3, 0.4) is 0 Å². The van der Waals surface area contributed by atoms with Crippen molar-refractivity contribution in [2.75, 3.05) is 0 Å². The molecule has 0 saturated heterocycles. The van der Waals surface area contributed by atoms with Crippen LogP contribution in [-0.2, 0) is 18.8 Å². The number of carbonyl (C=O) groups is 1. The predicted molar refractivity (Wildman–Crippen MR) is 104 cm³/mol. The largest absolute Gasteiger partial charge is 0.345 e. The summed E-state index contributed by atoms with van der Waals surface area (Å²) < 4.78 is 15.0. The Balaban J connectivity index is 1.63. The Kier molecular flexibility index (Phi) is 6.24. The van der Waals surface area contributed by atoms with Gasteiger partial charge in [-0.2, -0.15) is 0 Å². The SMILES string of the molecule is CCn1c(CNC(=O)c2cccc(C)c2)nnc1SCc1ccc(F)cc1. The molecule has 0 atom stereocenters. The van der Waals surface area contributed by atoms with Crippen LogP contribution in [0.15, 0.2) is 53.7 Å². The monoisotopic (exact) mass is 384 g/mol. The quantitative estimate of drug-likeness (QED) is 0.626. The molecule has 0 bridgehead atoms. The topological polar surface area (TPSA) is 59.8 Å². The maximum absolute atomic E-state index is 13.0. The van der Waals surface area contributed by atoms with Gasteiger partial charge in [-0.3, -0.25) is 4.79 Å². The fraction of sp³-hybridized carbons (Fsp3) is 0.250. The van der Waals surface area contributed by atoms with E-state index in [1.807, 2.05) is 36.6 Å². The van der Waals surface area contributed by atoms with Crippen LogP contribution >= 0.6 is 11.8 Å². The van der Waals surface area contributed by atoms with Gasteiger partial charge >= 0.3 is 0 Å². The maximum Gasteiger partial charge on any atom is 0.251 e. The third-order valence-electron chi connectivity index (χ3n) is 4.08. The number of aromatic nitrogens is 3. The molecule has 0 spiro atoms. The molecule has 140 valence electrons. The van der Waals surface area contributed by atoms with E-state index in [1.54, 1.807) is 18.2 Å². The van der Waals surface area contributed by atoms with Gasteiger partial charge < -0.3 is 9.88 Å². The minimum Gasteiger partial charge on any atom is -0.345 e. The van der Waals surface area contributed by atoms with E-state index in [9.17, 15) is 9.18 Å². The van der Waals surface area contributed by atoms with Gasteiger partial charge in [0.1, 0.15) is 5.82 Å². The normalized spacial score (nSPS) is 10.8. The van der Waals surface area contributed by atoms with E-state index in [0.29, 0.717) is 30.2 Å². The zero-order valence-electron chi connectivity index (χ0n) is 15.3. The molecule has 7 heteroatoms. The minimum absolute atomic E-state index is 0.134. The molecule has 0 aliphatic carbocycles. The number of halogens is 1. The standard InChI is InChI=1S/C20H21FN4OS/c1-3-25-18(12-22-19(26)16-6-4-5-14(2)11-16)23-24-20(25)27-13-15-7-9-17(21)10-8-15/h4-11H,3,12-13H2,1-2H3,(H,22,26). The number of rotatable bonds is 7. The molecular weight excluding hydrogens is 363 g/mol. The fourth-order valence-corrected chi connectivity index (χ4v) is 3.63. The zero-order chi connectivity index (χ0) is 19.2. The first-order chi connectivity index (χ1) is 13.1. The number of hydrogen-bond acceptors (Lipinski definition) is 4. The Labute approximate surface area is 162 Å². The minimum atomic E-state index is -0.243. The Morgan fingerprint density at radius 1 is 1.19 bits per heavy atom. The smallest absolute Gasteiger partial charge is 0.251 e. The van der Waals surface area contributed by atoms with E-state index in [0.717, 1.165) is 16.3 Å². The summed E-state index contributed by atoms with van der Waals surface area (Å²) in [6.45, 7) is 4.98. The van der Waals surface area contributed by atoms with Crippen LogP contribution in [0.5, 0.6) is 0 Å². The number of amides is 1. The van der Waals surface area contributed by atoms with E-state index < -0.39 is 0 Å². The summed E-state index contributed by atoms with van der Waals surface area (Å²) in [6.07, 6.45) is 0. The molecule has 0 fully saturated rings. The molecule has 1 aromatic heterocycles. The van der Waals surface area contributed by atoms with E-state index >= 15 is 0 Å². The van der Waals surface area contributed by atoms with Gasteiger partial charge in [-0.05, 0) is 43.7 Å². The van der Waals surface area contributed by atoms with Crippen molar-refractivity contribution in [1.29, 1.82) is 0 Å². The van der Waals surface area contributed by atoms with Crippen LogP contribution in [0.25, 0.3) is 0 Å². The lowest BCUT2D eigenvalue weighted by atomic mass is 10.1. The lowest BCUT2D eigenvalue weighted by molar-refractivity contribution is 0.0949. The molecule has 3 aromatic rings. The highest BCUT2D eigenvalue weighted by Gasteiger charge is 2.13. The van der Waals surface area contributed by atoms with Gasteiger partial charge in [0.05, 0.1) is 6.54 Å². The Hall–Kier alpha value is -2.67. The number of nitrogens with zero attached hydrogens (tertiary/aromatic N) is 3. The Bertz CT molecular complexity index is 924. The van der Waals surface area contributed by atoms with E-state index in [4.69, 9.17) is 0 Å². The highest BCUT2D eigenvalue weighted by Crippen LogP contribution is 2.22. The average Bonchev–Trinajstić information content (AvgIpc) is 3.07. The fourth-order valence-electron chi connectivity index (χ4n) is 2.65. The van der Waals surface area contributed by atoms with Gasteiger partial charge in [-0.15, -0.1) is 10.2 Å². The van der Waals surface area contributed by atoms with E-state index in [2.05, 4.69) is 15.5 Å². The van der Waals surface area contributed by atoms with Crippen molar-refractivity contribution in [3.05, 3.63) is 76.9 Å². The number of carbonyl (C=O) groups excluding carboxylic acids is 1. The summed E-state index contributed by atoms with van der Waals surface area (Å²) in [4.78, 5) is 12.3. The van der Waals surface area contributed by atoms with Crippen molar-refractivity contribution >= 4 is 17.7 Å². The second-order valence-corrected chi connectivity index (χ2v) is 7.05. The van der Waals surface area contributed by atoms with Crippen LogP contribution in [0.1, 0.15) is 34.2 Å². The number of thioether (sulfide) groups is 1. The number of nitrogens with one attached hydrogen (secondary N) is 1. The van der Waals surface area contributed by atoms with Gasteiger partial charge in [0.2, 0.25) is 0 Å². The van der Waals surface area contributed by atoms with Gasteiger partial charge in [0.25, 0.3) is 5.91 Å². The summed E-state index contributed by atoms with van der Waals surface area (Å²) in [6, 6.07) is 13.9. The Morgan fingerprint density at radius 2 is 1.96 bits per heavy atom. The summed E-state index contributed by atoms with van der Waals surface area (Å²) in [5.74, 6) is 1.01. The third-order valence-corrected chi connectivity index (χ3v) is 5.12. The number of aryl methyl sites for hydroxylation is 1. The lowest BCUT2D eigenvalue weighted by Crippen LogP contribution is -2.24. The summed E-state index contributed by atoms with van der Waals surface area (Å²) >= 11 is 1.54.